The summed E-state index contributed by atoms with van der Waals surface area (Å²) in [7, 11) is 0. The van der Waals surface area contributed by atoms with Gasteiger partial charge in [0.25, 0.3) is 0 Å². The molecule has 1 aliphatic heterocycles. The molecule has 25 heavy (non-hydrogen) atoms. The smallest absolute Gasteiger partial charge is 0.414 e. The molecule has 0 saturated carbocycles. The molecule has 2 aromatic carbocycles. The quantitative estimate of drug-likeness (QED) is 0.593. The van der Waals surface area contributed by atoms with Gasteiger partial charge in [0.05, 0.1) is 25.4 Å². The average Bonchev–Trinajstić information content (AvgIpc) is 2.66. The van der Waals surface area contributed by atoms with Crippen molar-refractivity contribution in [3.63, 3.8) is 0 Å². The van der Waals surface area contributed by atoms with Crippen molar-refractivity contribution < 1.29 is 19.0 Å². The van der Waals surface area contributed by atoms with Gasteiger partial charge < -0.3 is 14.2 Å². The molecule has 0 aromatic heterocycles. The van der Waals surface area contributed by atoms with Gasteiger partial charge in [0, 0.05) is 0 Å². The van der Waals surface area contributed by atoms with E-state index < -0.39 is 6.09 Å². The third kappa shape index (κ3) is 4.39. The summed E-state index contributed by atoms with van der Waals surface area (Å²) in [4.78, 5) is 14.2. The van der Waals surface area contributed by atoms with Gasteiger partial charge in [-0.2, -0.15) is 0 Å². The zero-order valence-electron chi connectivity index (χ0n) is 14.0. The van der Waals surface area contributed by atoms with Crippen LogP contribution in [-0.2, 0) is 16.1 Å². The average molecular weight is 339 g/mol. The minimum atomic E-state index is -0.395. The second-order valence-electron chi connectivity index (χ2n) is 5.68. The van der Waals surface area contributed by atoms with E-state index in [9.17, 15) is 4.79 Å². The largest absolute Gasteiger partial charge is 0.484 e. The number of ether oxygens (including phenoxy) is 3. The molecular weight excluding hydrogens is 318 g/mol. The second kappa shape index (κ2) is 8.35. The van der Waals surface area contributed by atoms with E-state index in [2.05, 4.69) is 6.58 Å². The Morgan fingerprint density at radius 3 is 2.76 bits per heavy atom. The van der Waals surface area contributed by atoms with Crippen LogP contribution in [-0.4, -0.2) is 32.0 Å². The van der Waals surface area contributed by atoms with Crippen molar-refractivity contribution in [2.24, 2.45) is 0 Å². The van der Waals surface area contributed by atoms with Gasteiger partial charge in [-0.05, 0) is 17.7 Å². The zero-order chi connectivity index (χ0) is 17.5. The van der Waals surface area contributed by atoms with Gasteiger partial charge in [0.1, 0.15) is 18.5 Å². The highest BCUT2D eigenvalue weighted by atomic mass is 16.6. The third-order valence-electron chi connectivity index (χ3n) is 3.80. The molecule has 0 spiro atoms. The number of anilines is 1. The van der Waals surface area contributed by atoms with Gasteiger partial charge in [-0.25, -0.2) is 4.79 Å². The van der Waals surface area contributed by atoms with Crippen LogP contribution in [0.2, 0.25) is 0 Å². The van der Waals surface area contributed by atoms with Gasteiger partial charge >= 0.3 is 6.09 Å². The number of carbonyl (C=O) groups is 1. The van der Waals surface area contributed by atoms with E-state index in [4.69, 9.17) is 14.2 Å². The molecule has 1 heterocycles. The topological polar surface area (TPSA) is 48.0 Å². The molecule has 5 heteroatoms. The summed E-state index contributed by atoms with van der Waals surface area (Å²) >= 11 is 0. The van der Waals surface area contributed by atoms with Crippen LogP contribution >= 0.6 is 0 Å². The number of benzene rings is 2. The molecule has 1 amide bonds. The number of amides is 1. The molecule has 5 nitrogen and oxygen atoms in total. The molecule has 0 N–H and O–H groups in total. The Morgan fingerprint density at radius 1 is 1.20 bits per heavy atom. The monoisotopic (exact) mass is 339 g/mol. The number of hydrogen-bond acceptors (Lipinski definition) is 4. The predicted octanol–water partition coefficient (Wildman–Crippen LogP) is 3.79. The van der Waals surface area contributed by atoms with Gasteiger partial charge in [0.15, 0.2) is 0 Å². The molecule has 0 aliphatic carbocycles. The number of para-hydroxylation sites is 2. The Balaban J connectivity index is 1.69. The predicted molar refractivity (Wildman–Crippen MR) is 95.8 cm³/mol. The highest BCUT2D eigenvalue weighted by molar-refractivity contribution is 5.90. The molecule has 3 rings (SSSR count). The Kier molecular flexibility index (Phi) is 5.69. The van der Waals surface area contributed by atoms with Gasteiger partial charge in [-0.3, -0.25) is 4.90 Å². The van der Waals surface area contributed by atoms with Crippen molar-refractivity contribution in [2.75, 3.05) is 24.7 Å². The molecule has 2 aromatic rings. The van der Waals surface area contributed by atoms with Crippen molar-refractivity contribution in [3.05, 3.63) is 72.8 Å². The lowest BCUT2D eigenvalue weighted by Gasteiger charge is -2.34. The highest BCUT2D eigenvalue weighted by Crippen LogP contribution is 2.33. The van der Waals surface area contributed by atoms with Crippen LogP contribution in [0.15, 0.2) is 67.3 Å². The Hall–Kier alpha value is -2.79. The Morgan fingerprint density at radius 2 is 1.96 bits per heavy atom. The fourth-order valence-electron chi connectivity index (χ4n) is 2.64. The number of rotatable bonds is 6. The highest BCUT2D eigenvalue weighted by Gasteiger charge is 2.30. The van der Waals surface area contributed by atoms with E-state index in [0.29, 0.717) is 31.2 Å². The fraction of sp³-hybridized carbons (Fsp3) is 0.250. The number of hydrogen-bond donors (Lipinski definition) is 0. The molecule has 1 atom stereocenters. The SMILES string of the molecule is C=CCOC[C@H]1CN(C(=O)OCc2ccccc2)c2ccccc2O1. The van der Waals surface area contributed by atoms with Crippen molar-refractivity contribution >= 4 is 11.8 Å². The number of carbonyl (C=O) groups excluding carboxylic acids is 1. The summed E-state index contributed by atoms with van der Waals surface area (Å²) in [5, 5.41) is 0. The second-order valence-corrected chi connectivity index (χ2v) is 5.68. The summed E-state index contributed by atoms with van der Waals surface area (Å²) < 4.78 is 16.9. The normalized spacial score (nSPS) is 15.8. The minimum Gasteiger partial charge on any atom is -0.484 e. The lowest BCUT2D eigenvalue weighted by Crippen LogP contribution is -2.45. The molecule has 130 valence electrons. The van der Waals surface area contributed by atoms with E-state index in [1.165, 1.54) is 0 Å². The van der Waals surface area contributed by atoms with Crippen LogP contribution in [0.3, 0.4) is 0 Å². The van der Waals surface area contributed by atoms with Crippen molar-refractivity contribution in [1.29, 1.82) is 0 Å². The van der Waals surface area contributed by atoms with Crippen LogP contribution in [0, 0.1) is 0 Å². The van der Waals surface area contributed by atoms with E-state index in [1.54, 1.807) is 11.0 Å². The zero-order valence-corrected chi connectivity index (χ0v) is 14.0. The first kappa shape index (κ1) is 17.0. The van der Waals surface area contributed by atoms with Crippen molar-refractivity contribution in [1.82, 2.24) is 0 Å². The summed E-state index contributed by atoms with van der Waals surface area (Å²) in [6.45, 7) is 5.06. The van der Waals surface area contributed by atoms with Crippen LogP contribution in [0.5, 0.6) is 5.75 Å². The first-order valence-corrected chi connectivity index (χ1v) is 8.20. The maximum absolute atomic E-state index is 12.6. The van der Waals surface area contributed by atoms with Crippen molar-refractivity contribution in [2.45, 2.75) is 12.7 Å². The summed E-state index contributed by atoms with van der Waals surface area (Å²) in [5.41, 5.74) is 1.66. The summed E-state index contributed by atoms with van der Waals surface area (Å²) in [5.74, 6) is 0.651. The van der Waals surface area contributed by atoms with Crippen LogP contribution in [0.25, 0.3) is 0 Å². The fourth-order valence-corrected chi connectivity index (χ4v) is 2.64. The standard InChI is InChI=1S/C20H21NO4/c1-2-12-23-15-17-13-21(18-10-6-7-11-19(18)25-17)20(22)24-14-16-8-4-3-5-9-16/h2-11,17H,1,12-15H2/t17-/m1/s1. The maximum atomic E-state index is 12.6. The number of fused-ring (bicyclic) bond motifs is 1. The van der Waals surface area contributed by atoms with E-state index in [0.717, 1.165) is 5.56 Å². The molecule has 0 saturated heterocycles. The maximum Gasteiger partial charge on any atom is 0.414 e. The van der Waals surface area contributed by atoms with Gasteiger partial charge in [-0.15, -0.1) is 6.58 Å². The lowest BCUT2D eigenvalue weighted by atomic mass is 10.2. The molecule has 0 fully saturated rings. The molecule has 0 unspecified atom stereocenters. The van der Waals surface area contributed by atoms with Crippen LogP contribution in [0.1, 0.15) is 5.56 Å². The molecule has 1 aliphatic rings. The van der Waals surface area contributed by atoms with Crippen LogP contribution in [0.4, 0.5) is 10.5 Å². The first-order chi connectivity index (χ1) is 12.3. The minimum absolute atomic E-state index is 0.233. The molecular formula is C20H21NO4. The summed E-state index contributed by atoms with van der Waals surface area (Å²) in [6, 6.07) is 17.0. The molecule has 0 bridgehead atoms. The first-order valence-electron chi connectivity index (χ1n) is 8.20. The lowest BCUT2D eigenvalue weighted by molar-refractivity contribution is 0.0606. The van der Waals surface area contributed by atoms with Gasteiger partial charge in [-0.1, -0.05) is 48.5 Å². The molecule has 0 radical (unpaired) electrons. The third-order valence-corrected chi connectivity index (χ3v) is 3.80. The van der Waals surface area contributed by atoms with Gasteiger partial charge in [0.2, 0.25) is 0 Å². The number of nitrogens with zero attached hydrogens (tertiary/aromatic N) is 1. The summed E-state index contributed by atoms with van der Waals surface area (Å²) in [6.07, 6.45) is 1.04. The van der Waals surface area contributed by atoms with E-state index in [-0.39, 0.29) is 12.7 Å². The Labute approximate surface area is 147 Å². The van der Waals surface area contributed by atoms with Crippen LogP contribution < -0.4 is 9.64 Å². The van der Waals surface area contributed by atoms with Crippen molar-refractivity contribution in [3.8, 4) is 5.75 Å². The van der Waals surface area contributed by atoms with E-state index >= 15 is 0 Å². The van der Waals surface area contributed by atoms with E-state index in [1.807, 2.05) is 54.6 Å². The Bertz CT molecular complexity index is 717.